The topological polar surface area (TPSA) is 59.8 Å². The van der Waals surface area contributed by atoms with Crippen molar-refractivity contribution in [3.8, 4) is 0 Å². The summed E-state index contributed by atoms with van der Waals surface area (Å²) in [4.78, 5) is 26.5. The largest absolute Gasteiger partial charge is 0.450 e. The first-order chi connectivity index (χ1) is 12.5. The molecule has 3 aromatic rings. The SMILES string of the molecule is Cc1c(C(=O)OCC(=O)N2CCc3ccccc32)oc2ccc(Br)cc12. The van der Waals surface area contributed by atoms with Gasteiger partial charge in [-0.1, -0.05) is 34.1 Å². The number of fused-ring (bicyclic) bond motifs is 2. The fourth-order valence-electron chi connectivity index (χ4n) is 3.26. The molecule has 0 saturated heterocycles. The van der Waals surface area contributed by atoms with Crippen LogP contribution in [0.4, 0.5) is 5.69 Å². The second kappa shape index (κ2) is 6.61. The highest BCUT2D eigenvalue weighted by atomic mass is 79.9. The van der Waals surface area contributed by atoms with Crippen molar-refractivity contribution in [3.63, 3.8) is 0 Å². The first kappa shape index (κ1) is 16.8. The molecule has 0 unspecified atom stereocenters. The first-order valence-corrected chi connectivity index (χ1v) is 9.08. The lowest BCUT2D eigenvalue weighted by atomic mass is 10.1. The number of aryl methyl sites for hydroxylation is 1. The Labute approximate surface area is 158 Å². The van der Waals surface area contributed by atoms with Gasteiger partial charge < -0.3 is 14.1 Å². The van der Waals surface area contributed by atoms with Gasteiger partial charge >= 0.3 is 5.97 Å². The minimum atomic E-state index is -0.629. The number of carbonyl (C=O) groups is 2. The van der Waals surface area contributed by atoms with Crippen LogP contribution in [0.5, 0.6) is 0 Å². The summed E-state index contributed by atoms with van der Waals surface area (Å²) in [5.74, 6) is -0.733. The third kappa shape index (κ3) is 2.90. The molecular formula is C20H16BrNO4. The molecule has 0 N–H and O–H groups in total. The van der Waals surface area contributed by atoms with E-state index >= 15 is 0 Å². The zero-order valence-electron chi connectivity index (χ0n) is 14.1. The maximum Gasteiger partial charge on any atom is 0.375 e. The molecule has 2 heterocycles. The Bertz CT molecular complexity index is 1020. The molecular weight excluding hydrogens is 398 g/mol. The number of amides is 1. The smallest absolute Gasteiger partial charge is 0.375 e. The second-order valence-electron chi connectivity index (χ2n) is 6.20. The molecule has 0 fully saturated rings. The van der Waals surface area contributed by atoms with Crippen molar-refractivity contribution in [1.29, 1.82) is 0 Å². The Kier molecular flexibility index (Phi) is 4.28. The average molecular weight is 414 g/mol. The summed E-state index contributed by atoms with van der Waals surface area (Å²) in [6.07, 6.45) is 0.813. The molecule has 1 aromatic heterocycles. The molecule has 0 radical (unpaired) electrons. The fourth-order valence-corrected chi connectivity index (χ4v) is 3.62. The van der Waals surface area contributed by atoms with Crippen molar-refractivity contribution >= 4 is 44.5 Å². The molecule has 5 nitrogen and oxygen atoms in total. The van der Waals surface area contributed by atoms with Crippen LogP contribution in [0.25, 0.3) is 11.0 Å². The number of nitrogens with zero attached hydrogens (tertiary/aromatic N) is 1. The molecule has 26 heavy (non-hydrogen) atoms. The van der Waals surface area contributed by atoms with Gasteiger partial charge in [0.05, 0.1) is 0 Å². The number of ether oxygens (including phenoxy) is 1. The van der Waals surface area contributed by atoms with Crippen molar-refractivity contribution in [3.05, 3.63) is 63.8 Å². The van der Waals surface area contributed by atoms with Crippen molar-refractivity contribution < 1.29 is 18.7 Å². The molecule has 1 amide bonds. The van der Waals surface area contributed by atoms with E-state index in [4.69, 9.17) is 9.15 Å². The summed E-state index contributed by atoms with van der Waals surface area (Å²) < 4.78 is 11.7. The van der Waals surface area contributed by atoms with Gasteiger partial charge in [-0.25, -0.2) is 4.79 Å². The van der Waals surface area contributed by atoms with Gasteiger partial charge in [-0.3, -0.25) is 4.79 Å². The summed E-state index contributed by atoms with van der Waals surface area (Å²) in [5, 5.41) is 0.839. The van der Waals surface area contributed by atoms with Crippen LogP contribution in [0.1, 0.15) is 21.7 Å². The number of carbonyl (C=O) groups excluding carboxylic acids is 2. The van der Waals surface area contributed by atoms with E-state index in [2.05, 4.69) is 15.9 Å². The van der Waals surface area contributed by atoms with E-state index < -0.39 is 5.97 Å². The van der Waals surface area contributed by atoms with E-state index in [1.165, 1.54) is 0 Å². The zero-order valence-corrected chi connectivity index (χ0v) is 15.7. The maximum atomic E-state index is 12.5. The van der Waals surface area contributed by atoms with Crippen LogP contribution in [0.3, 0.4) is 0 Å². The Morgan fingerprint density at radius 1 is 1.23 bits per heavy atom. The highest BCUT2D eigenvalue weighted by Crippen LogP contribution is 2.29. The Hall–Kier alpha value is -2.60. The van der Waals surface area contributed by atoms with Gasteiger partial charge in [-0.15, -0.1) is 0 Å². The van der Waals surface area contributed by atoms with Crippen molar-refractivity contribution in [1.82, 2.24) is 0 Å². The van der Waals surface area contributed by atoms with Crippen LogP contribution in [-0.2, 0) is 16.0 Å². The van der Waals surface area contributed by atoms with Crippen LogP contribution in [0.2, 0.25) is 0 Å². The molecule has 1 aliphatic heterocycles. The molecule has 2 aromatic carbocycles. The number of esters is 1. The Morgan fingerprint density at radius 3 is 2.88 bits per heavy atom. The van der Waals surface area contributed by atoms with Crippen LogP contribution in [-0.4, -0.2) is 25.0 Å². The number of anilines is 1. The Morgan fingerprint density at radius 2 is 2.04 bits per heavy atom. The lowest BCUT2D eigenvalue weighted by Crippen LogP contribution is -2.33. The molecule has 0 atom stereocenters. The number of hydrogen-bond acceptors (Lipinski definition) is 4. The third-order valence-corrected chi connectivity index (χ3v) is 5.09. The normalized spacial score (nSPS) is 13.1. The minimum Gasteiger partial charge on any atom is -0.450 e. The van der Waals surface area contributed by atoms with Crippen molar-refractivity contribution in [2.45, 2.75) is 13.3 Å². The third-order valence-electron chi connectivity index (χ3n) is 4.60. The van der Waals surface area contributed by atoms with Crippen LogP contribution < -0.4 is 4.90 Å². The minimum absolute atomic E-state index is 0.132. The van der Waals surface area contributed by atoms with E-state index in [0.717, 1.165) is 27.5 Å². The second-order valence-corrected chi connectivity index (χ2v) is 7.11. The lowest BCUT2D eigenvalue weighted by Gasteiger charge is -2.16. The zero-order chi connectivity index (χ0) is 18.3. The molecule has 4 rings (SSSR count). The number of furan rings is 1. The molecule has 6 heteroatoms. The standard InChI is InChI=1S/C20H16BrNO4/c1-12-15-10-14(21)6-7-17(15)26-19(12)20(24)25-11-18(23)22-9-8-13-4-2-3-5-16(13)22/h2-7,10H,8-9,11H2,1H3. The molecule has 132 valence electrons. The van der Waals surface area contributed by atoms with E-state index in [1.807, 2.05) is 36.4 Å². The van der Waals surface area contributed by atoms with Crippen molar-refractivity contribution in [2.24, 2.45) is 0 Å². The van der Waals surface area contributed by atoms with Gasteiger partial charge in [0.15, 0.2) is 6.61 Å². The van der Waals surface area contributed by atoms with Gasteiger partial charge in [-0.2, -0.15) is 0 Å². The first-order valence-electron chi connectivity index (χ1n) is 8.28. The van der Waals surface area contributed by atoms with Crippen LogP contribution >= 0.6 is 15.9 Å². The molecule has 0 bridgehead atoms. The van der Waals surface area contributed by atoms with E-state index in [9.17, 15) is 9.59 Å². The highest BCUT2D eigenvalue weighted by Gasteiger charge is 2.26. The maximum absolute atomic E-state index is 12.5. The molecule has 1 aliphatic rings. The van der Waals surface area contributed by atoms with Crippen molar-refractivity contribution in [2.75, 3.05) is 18.1 Å². The summed E-state index contributed by atoms with van der Waals surface area (Å²) in [6, 6.07) is 13.3. The summed E-state index contributed by atoms with van der Waals surface area (Å²) in [5.41, 5.74) is 3.33. The summed E-state index contributed by atoms with van der Waals surface area (Å²) in [7, 11) is 0. The molecule has 0 aliphatic carbocycles. The molecule has 0 spiro atoms. The molecule has 0 saturated carbocycles. The number of halogens is 1. The van der Waals surface area contributed by atoms with E-state index in [0.29, 0.717) is 17.7 Å². The monoisotopic (exact) mass is 413 g/mol. The number of benzene rings is 2. The predicted octanol–water partition coefficient (Wildman–Crippen LogP) is 4.25. The van der Waals surface area contributed by atoms with Gasteiger partial charge in [0.2, 0.25) is 5.76 Å². The van der Waals surface area contributed by atoms with E-state index in [1.54, 1.807) is 17.9 Å². The fraction of sp³-hybridized carbons (Fsp3) is 0.200. The van der Waals surface area contributed by atoms with E-state index in [-0.39, 0.29) is 18.3 Å². The number of rotatable bonds is 3. The van der Waals surface area contributed by atoms with Gasteiger partial charge in [0.1, 0.15) is 5.58 Å². The number of hydrogen-bond donors (Lipinski definition) is 0. The summed E-state index contributed by atoms with van der Waals surface area (Å²) in [6.45, 7) is 2.09. The highest BCUT2D eigenvalue weighted by molar-refractivity contribution is 9.10. The number of para-hydroxylation sites is 1. The van der Waals surface area contributed by atoms with Gasteiger partial charge in [0.25, 0.3) is 5.91 Å². The average Bonchev–Trinajstić information content (AvgIpc) is 3.21. The lowest BCUT2D eigenvalue weighted by molar-refractivity contribution is -0.121. The van der Waals surface area contributed by atoms with Crippen LogP contribution in [0.15, 0.2) is 51.4 Å². The van der Waals surface area contributed by atoms with Gasteiger partial charge in [0, 0.05) is 27.7 Å². The van der Waals surface area contributed by atoms with Crippen LogP contribution in [0, 0.1) is 6.92 Å². The quantitative estimate of drug-likeness (QED) is 0.602. The predicted molar refractivity (Wildman–Crippen MR) is 101 cm³/mol. The Balaban J connectivity index is 1.48. The summed E-state index contributed by atoms with van der Waals surface area (Å²) >= 11 is 3.41. The van der Waals surface area contributed by atoms with Gasteiger partial charge in [-0.05, 0) is 43.2 Å².